The van der Waals surface area contributed by atoms with Crippen molar-refractivity contribution in [3.63, 3.8) is 0 Å². The molecule has 0 atom stereocenters. The lowest BCUT2D eigenvalue weighted by Gasteiger charge is -2.08. The Morgan fingerprint density at radius 1 is 1.14 bits per heavy atom. The summed E-state index contributed by atoms with van der Waals surface area (Å²) >= 11 is 8.17. The number of carbonyl (C=O) groups is 1. The zero-order valence-corrected chi connectivity index (χ0v) is 19.8. The highest BCUT2D eigenvalue weighted by Crippen LogP contribution is 2.29. The second-order valence-electron chi connectivity index (χ2n) is 6.18. The molecule has 1 amide bonds. The monoisotopic (exact) mass is 538 g/mol. The molecule has 152 valence electrons. The average molecular weight is 540 g/mol. The molecule has 8 heteroatoms. The molecule has 1 heterocycles. The standard InChI is InChI=1S/C21H20Br2N2O3S/c1-2-3-10-27-16-7-4-14(5-8-16)18-13-29-21(24-18)25-20(26)12-28-19-9-6-15(22)11-17(19)23/h4-9,11,13H,2-3,10,12H2,1H3,(H,24,25,26). The van der Waals surface area contributed by atoms with Gasteiger partial charge < -0.3 is 9.47 Å². The minimum Gasteiger partial charge on any atom is -0.494 e. The van der Waals surface area contributed by atoms with Crippen LogP contribution in [0.4, 0.5) is 5.13 Å². The molecule has 2 aromatic carbocycles. The highest BCUT2D eigenvalue weighted by atomic mass is 79.9. The Bertz CT molecular complexity index is 961. The predicted molar refractivity (Wildman–Crippen MR) is 124 cm³/mol. The zero-order chi connectivity index (χ0) is 20.6. The molecule has 0 saturated heterocycles. The molecule has 0 fully saturated rings. The van der Waals surface area contributed by atoms with E-state index in [1.54, 1.807) is 6.07 Å². The molecule has 0 bridgehead atoms. The fraction of sp³-hybridized carbons (Fsp3) is 0.238. The van der Waals surface area contributed by atoms with Crippen molar-refractivity contribution < 1.29 is 14.3 Å². The van der Waals surface area contributed by atoms with Crippen LogP contribution >= 0.6 is 43.2 Å². The van der Waals surface area contributed by atoms with Crippen LogP contribution in [0.5, 0.6) is 11.5 Å². The summed E-state index contributed by atoms with van der Waals surface area (Å²) in [7, 11) is 0. The van der Waals surface area contributed by atoms with E-state index in [2.05, 4.69) is 49.1 Å². The first-order valence-electron chi connectivity index (χ1n) is 9.11. The van der Waals surface area contributed by atoms with Crippen molar-refractivity contribution >= 4 is 54.2 Å². The van der Waals surface area contributed by atoms with Gasteiger partial charge in [-0.05, 0) is 64.8 Å². The second kappa shape index (κ2) is 10.8. The fourth-order valence-electron chi connectivity index (χ4n) is 2.41. The van der Waals surface area contributed by atoms with Gasteiger partial charge in [0.2, 0.25) is 0 Å². The van der Waals surface area contributed by atoms with Gasteiger partial charge in [0.15, 0.2) is 11.7 Å². The summed E-state index contributed by atoms with van der Waals surface area (Å²) < 4.78 is 12.9. The molecule has 1 N–H and O–H groups in total. The first kappa shape index (κ1) is 21.8. The first-order chi connectivity index (χ1) is 14.0. The largest absolute Gasteiger partial charge is 0.494 e. The van der Waals surface area contributed by atoms with Gasteiger partial charge in [0.1, 0.15) is 11.5 Å². The summed E-state index contributed by atoms with van der Waals surface area (Å²) in [5, 5.41) is 5.22. The maximum Gasteiger partial charge on any atom is 0.264 e. The SMILES string of the molecule is CCCCOc1ccc(-c2csc(NC(=O)COc3ccc(Br)cc3Br)n2)cc1. The number of amides is 1. The van der Waals surface area contributed by atoms with Crippen LogP contribution in [-0.4, -0.2) is 24.1 Å². The third-order valence-electron chi connectivity index (χ3n) is 3.92. The van der Waals surface area contributed by atoms with Crippen LogP contribution in [0.15, 0.2) is 56.8 Å². The normalized spacial score (nSPS) is 10.6. The molecule has 0 spiro atoms. The van der Waals surface area contributed by atoms with Crippen molar-refractivity contribution in [2.75, 3.05) is 18.5 Å². The van der Waals surface area contributed by atoms with Gasteiger partial charge in [-0.2, -0.15) is 0 Å². The molecule has 1 aromatic heterocycles. The Morgan fingerprint density at radius 2 is 1.93 bits per heavy atom. The molecule has 5 nitrogen and oxygen atoms in total. The third-order valence-corrected chi connectivity index (χ3v) is 5.79. The number of nitrogens with zero attached hydrogens (tertiary/aromatic N) is 1. The van der Waals surface area contributed by atoms with Crippen molar-refractivity contribution in [3.8, 4) is 22.8 Å². The number of thiazole rings is 1. The van der Waals surface area contributed by atoms with E-state index in [4.69, 9.17) is 9.47 Å². The number of benzene rings is 2. The van der Waals surface area contributed by atoms with Crippen LogP contribution in [0.2, 0.25) is 0 Å². The van der Waals surface area contributed by atoms with Crippen molar-refractivity contribution in [2.45, 2.75) is 19.8 Å². The lowest BCUT2D eigenvalue weighted by molar-refractivity contribution is -0.118. The number of rotatable bonds is 9. The summed E-state index contributed by atoms with van der Waals surface area (Å²) in [5.41, 5.74) is 1.78. The summed E-state index contributed by atoms with van der Waals surface area (Å²) in [6.07, 6.45) is 2.15. The molecular formula is C21H20Br2N2O3S. The Morgan fingerprint density at radius 3 is 2.66 bits per heavy atom. The lowest BCUT2D eigenvalue weighted by atomic mass is 10.2. The number of halogens is 2. The van der Waals surface area contributed by atoms with E-state index < -0.39 is 0 Å². The molecular weight excluding hydrogens is 520 g/mol. The smallest absolute Gasteiger partial charge is 0.264 e. The van der Waals surface area contributed by atoms with Crippen LogP contribution in [0, 0.1) is 0 Å². The molecule has 0 unspecified atom stereocenters. The molecule has 29 heavy (non-hydrogen) atoms. The first-order valence-corrected chi connectivity index (χ1v) is 11.6. The van der Waals surface area contributed by atoms with Crippen LogP contribution in [0.1, 0.15) is 19.8 Å². The Balaban J connectivity index is 1.53. The minimum atomic E-state index is -0.264. The van der Waals surface area contributed by atoms with Crippen LogP contribution in [-0.2, 0) is 4.79 Å². The van der Waals surface area contributed by atoms with Gasteiger partial charge >= 0.3 is 0 Å². The molecule has 0 aliphatic carbocycles. The summed E-state index contributed by atoms with van der Waals surface area (Å²) in [6.45, 7) is 2.76. The van der Waals surface area contributed by atoms with Gasteiger partial charge in [-0.3, -0.25) is 10.1 Å². The highest BCUT2D eigenvalue weighted by Gasteiger charge is 2.10. The quantitative estimate of drug-likeness (QED) is 0.314. The number of anilines is 1. The fourth-order valence-corrected chi connectivity index (χ4v) is 4.31. The van der Waals surface area contributed by atoms with E-state index >= 15 is 0 Å². The summed E-state index contributed by atoms with van der Waals surface area (Å²) in [5.74, 6) is 1.19. The number of nitrogens with one attached hydrogen (secondary N) is 1. The van der Waals surface area contributed by atoms with Gasteiger partial charge in [0.25, 0.3) is 5.91 Å². The van der Waals surface area contributed by atoms with E-state index in [1.165, 1.54) is 11.3 Å². The molecule has 0 aliphatic heterocycles. The summed E-state index contributed by atoms with van der Waals surface area (Å²) in [4.78, 5) is 16.7. The summed E-state index contributed by atoms with van der Waals surface area (Å²) in [6, 6.07) is 13.3. The molecule has 0 saturated carbocycles. The molecule has 3 aromatic rings. The van der Waals surface area contributed by atoms with Gasteiger partial charge in [-0.1, -0.05) is 29.3 Å². The molecule has 0 aliphatic rings. The van der Waals surface area contributed by atoms with Crippen molar-refractivity contribution in [1.82, 2.24) is 4.98 Å². The van der Waals surface area contributed by atoms with E-state index in [1.807, 2.05) is 41.8 Å². The van der Waals surface area contributed by atoms with Crippen molar-refractivity contribution in [3.05, 3.63) is 56.8 Å². The molecule has 0 radical (unpaired) electrons. The second-order valence-corrected chi connectivity index (χ2v) is 8.80. The number of hydrogen-bond donors (Lipinski definition) is 1. The van der Waals surface area contributed by atoms with Gasteiger partial charge in [0.05, 0.1) is 16.8 Å². The Hall–Kier alpha value is -1.90. The van der Waals surface area contributed by atoms with Gasteiger partial charge in [0, 0.05) is 15.4 Å². The molecule has 3 rings (SSSR count). The van der Waals surface area contributed by atoms with E-state index in [-0.39, 0.29) is 12.5 Å². The lowest BCUT2D eigenvalue weighted by Crippen LogP contribution is -2.20. The maximum atomic E-state index is 12.2. The van der Waals surface area contributed by atoms with E-state index in [9.17, 15) is 4.79 Å². The van der Waals surface area contributed by atoms with E-state index in [0.29, 0.717) is 10.9 Å². The highest BCUT2D eigenvalue weighted by molar-refractivity contribution is 9.11. The average Bonchev–Trinajstić information content (AvgIpc) is 3.16. The Kier molecular flexibility index (Phi) is 8.09. The number of aromatic nitrogens is 1. The topological polar surface area (TPSA) is 60.5 Å². The minimum absolute atomic E-state index is 0.0983. The van der Waals surface area contributed by atoms with Gasteiger partial charge in [-0.25, -0.2) is 4.98 Å². The van der Waals surface area contributed by atoms with Gasteiger partial charge in [-0.15, -0.1) is 11.3 Å². The number of ether oxygens (including phenoxy) is 2. The number of hydrogen-bond acceptors (Lipinski definition) is 5. The van der Waals surface area contributed by atoms with Crippen molar-refractivity contribution in [1.29, 1.82) is 0 Å². The van der Waals surface area contributed by atoms with Crippen LogP contribution < -0.4 is 14.8 Å². The maximum absolute atomic E-state index is 12.2. The van der Waals surface area contributed by atoms with Crippen LogP contribution in [0.3, 0.4) is 0 Å². The van der Waals surface area contributed by atoms with E-state index in [0.717, 1.165) is 45.4 Å². The predicted octanol–water partition coefficient (Wildman–Crippen LogP) is 6.53. The third kappa shape index (κ3) is 6.55. The van der Waals surface area contributed by atoms with Crippen molar-refractivity contribution in [2.24, 2.45) is 0 Å². The Labute approximate surface area is 190 Å². The zero-order valence-electron chi connectivity index (χ0n) is 15.8. The number of unbranched alkanes of at least 4 members (excludes halogenated alkanes) is 1. The number of carbonyl (C=O) groups excluding carboxylic acids is 1. The van der Waals surface area contributed by atoms with Crippen LogP contribution in [0.25, 0.3) is 11.3 Å².